The van der Waals surface area contributed by atoms with Crippen LogP contribution in [0.4, 0.5) is 5.69 Å². The molecule has 0 aliphatic carbocycles. The molecule has 0 bridgehead atoms. The molecule has 0 radical (unpaired) electrons. The van der Waals surface area contributed by atoms with Crippen LogP contribution in [0.15, 0.2) is 23.2 Å². The van der Waals surface area contributed by atoms with Gasteiger partial charge in [0.15, 0.2) is 4.84 Å². The van der Waals surface area contributed by atoms with Gasteiger partial charge in [-0.2, -0.15) is 0 Å². The summed E-state index contributed by atoms with van der Waals surface area (Å²) >= 11 is 22.5. The lowest BCUT2D eigenvalue weighted by atomic mass is 10.3. The van der Waals surface area contributed by atoms with Crippen molar-refractivity contribution >= 4 is 57.9 Å². The number of alkyl halides is 2. The lowest BCUT2D eigenvalue weighted by Crippen LogP contribution is -2.18. The summed E-state index contributed by atoms with van der Waals surface area (Å²) in [7, 11) is 0. The maximum Gasteiger partial charge on any atom is 0.164 e. The quantitative estimate of drug-likeness (QED) is 0.496. The van der Waals surface area contributed by atoms with Crippen molar-refractivity contribution in [1.29, 1.82) is 0 Å². The van der Waals surface area contributed by atoms with E-state index in [4.69, 9.17) is 52.1 Å². The average Bonchev–Trinajstić information content (AvgIpc) is 2.11. The average molecular weight is 272 g/mol. The molecular weight excluding hydrogens is 266 g/mol. The second-order valence-electron chi connectivity index (χ2n) is 2.44. The van der Waals surface area contributed by atoms with Gasteiger partial charge in [0.2, 0.25) is 0 Å². The van der Waals surface area contributed by atoms with Crippen LogP contribution in [-0.4, -0.2) is 10.7 Å². The van der Waals surface area contributed by atoms with Crippen LogP contribution in [0.2, 0.25) is 10.0 Å². The van der Waals surface area contributed by atoms with Crippen molar-refractivity contribution in [3.8, 4) is 0 Å². The van der Waals surface area contributed by atoms with E-state index in [0.717, 1.165) is 0 Å². The van der Waals surface area contributed by atoms with Crippen LogP contribution >= 0.6 is 46.4 Å². The Bertz CT molecular complexity index is 362. The van der Waals surface area contributed by atoms with E-state index in [-0.39, 0.29) is 5.84 Å². The molecule has 1 rings (SSSR count). The largest absolute Gasteiger partial charge is 0.385 e. The molecule has 6 heteroatoms. The zero-order valence-electron chi connectivity index (χ0n) is 6.85. The van der Waals surface area contributed by atoms with Crippen LogP contribution in [0.1, 0.15) is 0 Å². The summed E-state index contributed by atoms with van der Waals surface area (Å²) in [6.45, 7) is 0. The van der Waals surface area contributed by atoms with Crippen LogP contribution in [-0.2, 0) is 0 Å². The number of halogens is 4. The summed E-state index contributed by atoms with van der Waals surface area (Å²) in [5.41, 5.74) is 6.01. The van der Waals surface area contributed by atoms with E-state index >= 15 is 0 Å². The van der Waals surface area contributed by atoms with Gasteiger partial charge in [-0.25, -0.2) is 4.99 Å². The van der Waals surface area contributed by atoms with E-state index in [2.05, 4.69) is 4.99 Å². The minimum absolute atomic E-state index is 0.117. The lowest BCUT2D eigenvalue weighted by Gasteiger charge is -2.01. The van der Waals surface area contributed by atoms with Crippen molar-refractivity contribution in [1.82, 2.24) is 0 Å². The highest BCUT2D eigenvalue weighted by atomic mass is 35.5. The number of nitrogens with zero attached hydrogens (tertiary/aromatic N) is 1. The monoisotopic (exact) mass is 270 g/mol. The highest BCUT2D eigenvalue weighted by molar-refractivity contribution is 6.54. The first kappa shape index (κ1) is 11.9. The van der Waals surface area contributed by atoms with Gasteiger partial charge in [0.1, 0.15) is 5.84 Å². The van der Waals surface area contributed by atoms with E-state index in [0.29, 0.717) is 15.7 Å². The maximum atomic E-state index is 5.77. The SMILES string of the molecule is NC(=Nc1ccc(Cl)c(Cl)c1)C(Cl)Cl. The molecule has 0 aliphatic rings. The van der Waals surface area contributed by atoms with Gasteiger partial charge in [0, 0.05) is 0 Å². The number of aliphatic imine (C=N–C) groups is 1. The Morgan fingerprint density at radius 2 is 1.86 bits per heavy atom. The van der Waals surface area contributed by atoms with Crippen molar-refractivity contribution in [2.75, 3.05) is 0 Å². The standard InChI is InChI=1S/C8H6Cl4N2/c9-5-2-1-4(3-6(5)10)14-8(13)7(11)12/h1-3,7H,(H2,13,14). The molecule has 0 aliphatic heterocycles. The van der Waals surface area contributed by atoms with Crippen molar-refractivity contribution in [3.05, 3.63) is 28.2 Å². The van der Waals surface area contributed by atoms with Crippen molar-refractivity contribution in [3.63, 3.8) is 0 Å². The molecule has 0 spiro atoms. The second kappa shape index (κ2) is 5.08. The van der Waals surface area contributed by atoms with Gasteiger partial charge in [-0.05, 0) is 18.2 Å². The summed E-state index contributed by atoms with van der Waals surface area (Å²) in [5, 5.41) is 0.860. The van der Waals surface area contributed by atoms with Crippen molar-refractivity contribution in [2.45, 2.75) is 4.84 Å². The van der Waals surface area contributed by atoms with E-state index in [9.17, 15) is 0 Å². The van der Waals surface area contributed by atoms with Crippen LogP contribution in [0.5, 0.6) is 0 Å². The molecular formula is C8H6Cl4N2. The van der Waals surface area contributed by atoms with E-state index < -0.39 is 4.84 Å². The Kier molecular flexibility index (Phi) is 4.32. The first-order valence-electron chi connectivity index (χ1n) is 3.58. The Balaban J connectivity index is 2.98. The molecule has 0 saturated heterocycles. The van der Waals surface area contributed by atoms with Crippen LogP contribution in [0.25, 0.3) is 0 Å². The summed E-state index contributed by atoms with van der Waals surface area (Å²) in [6, 6.07) is 4.86. The minimum atomic E-state index is -0.829. The third-order valence-electron chi connectivity index (χ3n) is 1.38. The predicted molar refractivity (Wildman–Crippen MR) is 63.2 cm³/mol. The number of hydrogen-bond acceptors (Lipinski definition) is 1. The highest BCUT2D eigenvalue weighted by Gasteiger charge is 2.04. The molecule has 2 N–H and O–H groups in total. The van der Waals surface area contributed by atoms with Gasteiger partial charge in [0.05, 0.1) is 15.7 Å². The fraction of sp³-hybridized carbons (Fsp3) is 0.125. The van der Waals surface area contributed by atoms with Crippen LogP contribution in [0.3, 0.4) is 0 Å². The van der Waals surface area contributed by atoms with Crippen molar-refractivity contribution in [2.24, 2.45) is 10.7 Å². The number of benzene rings is 1. The molecule has 0 atom stereocenters. The molecule has 1 aromatic carbocycles. The first-order valence-corrected chi connectivity index (χ1v) is 5.21. The van der Waals surface area contributed by atoms with Crippen LogP contribution in [0, 0.1) is 0 Å². The maximum absolute atomic E-state index is 5.77. The molecule has 0 amide bonds. The summed E-state index contributed by atoms with van der Waals surface area (Å²) < 4.78 is 0. The fourth-order valence-corrected chi connectivity index (χ4v) is 1.14. The molecule has 0 aromatic heterocycles. The number of hydrogen-bond donors (Lipinski definition) is 1. The molecule has 14 heavy (non-hydrogen) atoms. The molecule has 0 unspecified atom stereocenters. The summed E-state index contributed by atoms with van der Waals surface area (Å²) in [5.74, 6) is 0.117. The van der Waals surface area contributed by atoms with Gasteiger partial charge < -0.3 is 5.73 Å². The van der Waals surface area contributed by atoms with Gasteiger partial charge in [-0.15, -0.1) is 0 Å². The molecule has 2 nitrogen and oxygen atoms in total. The van der Waals surface area contributed by atoms with Crippen LogP contribution < -0.4 is 5.73 Å². The molecule has 1 aromatic rings. The zero-order chi connectivity index (χ0) is 10.7. The van der Waals surface area contributed by atoms with E-state index in [1.165, 1.54) is 0 Å². The second-order valence-corrected chi connectivity index (χ2v) is 4.35. The smallest absolute Gasteiger partial charge is 0.164 e. The highest BCUT2D eigenvalue weighted by Crippen LogP contribution is 2.26. The predicted octanol–water partition coefficient (Wildman–Crippen LogP) is 3.79. The van der Waals surface area contributed by atoms with E-state index in [1.807, 2.05) is 0 Å². The van der Waals surface area contributed by atoms with Gasteiger partial charge in [0.25, 0.3) is 0 Å². The number of rotatable bonds is 2. The lowest BCUT2D eigenvalue weighted by molar-refractivity contribution is 1.42. The normalized spacial score (nSPS) is 12.2. The van der Waals surface area contributed by atoms with Gasteiger partial charge in [-0.1, -0.05) is 46.4 Å². The number of amidine groups is 1. The Hall–Kier alpha value is -0.150. The number of nitrogens with two attached hydrogens (primary N) is 1. The van der Waals surface area contributed by atoms with Crippen molar-refractivity contribution < 1.29 is 0 Å². The molecule has 0 saturated carbocycles. The molecule has 76 valence electrons. The third kappa shape index (κ3) is 3.21. The first-order chi connectivity index (χ1) is 6.50. The molecule has 0 fully saturated rings. The van der Waals surface area contributed by atoms with E-state index in [1.54, 1.807) is 18.2 Å². The minimum Gasteiger partial charge on any atom is -0.385 e. The Labute approximate surface area is 102 Å². The van der Waals surface area contributed by atoms with Gasteiger partial charge in [-0.3, -0.25) is 0 Å². The Morgan fingerprint density at radius 1 is 1.21 bits per heavy atom. The fourth-order valence-electron chi connectivity index (χ4n) is 0.752. The zero-order valence-corrected chi connectivity index (χ0v) is 9.87. The van der Waals surface area contributed by atoms with Gasteiger partial charge >= 0.3 is 0 Å². The summed E-state index contributed by atoms with van der Waals surface area (Å²) in [6.07, 6.45) is 0. The topological polar surface area (TPSA) is 38.4 Å². The molecule has 0 heterocycles. The summed E-state index contributed by atoms with van der Waals surface area (Å²) in [4.78, 5) is 3.12. The Morgan fingerprint density at radius 3 is 2.36 bits per heavy atom. The third-order valence-corrected chi connectivity index (χ3v) is 2.57.